The van der Waals surface area contributed by atoms with Crippen LogP contribution in [0.2, 0.25) is 5.02 Å². The van der Waals surface area contributed by atoms with Gasteiger partial charge in [0.15, 0.2) is 0 Å². The fourth-order valence-electron chi connectivity index (χ4n) is 2.15. The third-order valence-corrected chi connectivity index (χ3v) is 3.45. The highest BCUT2D eigenvalue weighted by atomic mass is 35.5. The van der Waals surface area contributed by atoms with Crippen LogP contribution in [0, 0.1) is 0 Å². The zero-order valence-corrected chi connectivity index (χ0v) is 11.9. The lowest BCUT2D eigenvalue weighted by molar-refractivity contribution is 0.100. The summed E-state index contributed by atoms with van der Waals surface area (Å²) in [4.78, 5) is 13.4. The number of anilines is 2. The number of para-hydroxylation sites is 1. The molecule has 0 heterocycles. The zero-order chi connectivity index (χ0) is 14.7. The number of benzene rings is 2. The van der Waals surface area contributed by atoms with E-state index in [-0.39, 0.29) is 0 Å². The van der Waals surface area contributed by atoms with E-state index in [1.165, 1.54) is 0 Å². The Balaban J connectivity index is 2.37. The number of rotatable bonds is 4. The number of nitrogens with two attached hydrogens (primary N) is 2. The molecule has 1 amide bonds. The standard InChI is InChI=1S/C15H16ClN3O/c1-19(9-10-5-2-3-7-12(10)16)14-11(15(18)20)6-4-8-13(14)17/h2-8H,9,17H2,1H3,(H2,18,20). The summed E-state index contributed by atoms with van der Waals surface area (Å²) in [5, 5.41) is 0.675. The van der Waals surface area contributed by atoms with E-state index in [1.54, 1.807) is 18.2 Å². The summed E-state index contributed by atoms with van der Waals surface area (Å²) in [6.45, 7) is 0.536. The quantitative estimate of drug-likeness (QED) is 0.850. The molecule has 0 unspecified atom stereocenters. The maximum Gasteiger partial charge on any atom is 0.250 e. The molecule has 0 atom stereocenters. The highest BCUT2D eigenvalue weighted by molar-refractivity contribution is 6.31. The van der Waals surface area contributed by atoms with Crippen LogP contribution in [-0.2, 0) is 6.54 Å². The van der Waals surface area contributed by atoms with E-state index >= 15 is 0 Å². The van der Waals surface area contributed by atoms with Crippen LogP contribution < -0.4 is 16.4 Å². The second kappa shape index (κ2) is 5.84. The van der Waals surface area contributed by atoms with Crippen LogP contribution in [0.4, 0.5) is 11.4 Å². The van der Waals surface area contributed by atoms with Gasteiger partial charge in [-0.15, -0.1) is 0 Å². The van der Waals surface area contributed by atoms with E-state index in [0.717, 1.165) is 5.56 Å². The van der Waals surface area contributed by atoms with Gasteiger partial charge in [0.25, 0.3) is 5.91 Å². The minimum atomic E-state index is -0.502. The minimum absolute atomic E-state index is 0.402. The molecule has 0 bridgehead atoms. The van der Waals surface area contributed by atoms with Gasteiger partial charge < -0.3 is 16.4 Å². The van der Waals surface area contributed by atoms with Crippen molar-refractivity contribution in [3.8, 4) is 0 Å². The molecule has 4 nitrogen and oxygen atoms in total. The molecule has 2 aromatic carbocycles. The number of primary amides is 1. The molecule has 20 heavy (non-hydrogen) atoms. The first-order chi connectivity index (χ1) is 9.50. The van der Waals surface area contributed by atoms with Gasteiger partial charge >= 0.3 is 0 Å². The summed E-state index contributed by atoms with van der Waals surface area (Å²) in [6, 6.07) is 12.7. The maximum atomic E-state index is 11.5. The number of carbonyl (C=O) groups excluding carboxylic acids is 1. The third kappa shape index (κ3) is 2.86. The predicted octanol–water partition coefficient (Wildman–Crippen LogP) is 2.66. The van der Waals surface area contributed by atoms with Gasteiger partial charge in [-0.2, -0.15) is 0 Å². The van der Waals surface area contributed by atoms with Gasteiger partial charge in [0.1, 0.15) is 0 Å². The molecule has 104 valence electrons. The molecule has 0 aliphatic heterocycles. The number of amides is 1. The van der Waals surface area contributed by atoms with Crippen molar-refractivity contribution >= 4 is 28.9 Å². The van der Waals surface area contributed by atoms with E-state index < -0.39 is 5.91 Å². The first-order valence-electron chi connectivity index (χ1n) is 6.13. The van der Waals surface area contributed by atoms with Gasteiger partial charge in [-0.05, 0) is 23.8 Å². The second-order valence-electron chi connectivity index (χ2n) is 4.56. The zero-order valence-electron chi connectivity index (χ0n) is 11.1. The average molecular weight is 290 g/mol. The lowest BCUT2D eigenvalue weighted by atomic mass is 10.1. The third-order valence-electron chi connectivity index (χ3n) is 3.08. The van der Waals surface area contributed by atoms with E-state index in [0.29, 0.717) is 28.5 Å². The van der Waals surface area contributed by atoms with Crippen molar-refractivity contribution in [3.05, 3.63) is 58.6 Å². The van der Waals surface area contributed by atoms with Crippen molar-refractivity contribution in [2.24, 2.45) is 5.73 Å². The van der Waals surface area contributed by atoms with E-state index in [1.807, 2.05) is 36.2 Å². The Morgan fingerprint density at radius 3 is 2.55 bits per heavy atom. The highest BCUT2D eigenvalue weighted by Crippen LogP contribution is 2.29. The lowest BCUT2D eigenvalue weighted by Crippen LogP contribution is -2.23. The van der Waals surface area contributed by atoms with Crippen molar-refractivity contribution in [2.75, 3.05) is 17.7 Å². The van der Waals surface area contributed by atoms with Crippen LogP contribution in [0.5, 0.6) is 0 Å². The van der Waals surface area contributed by atoms with Gasteiger partial charge in [0, 0.05) is 18.6 Å². The normalized spacial score (nSPS) is 10.3. The Morgan fingerprint density at radius 1 is 1.20 bits per heavy atom. The van der Waals surface area contributed by atoms with Crippen molar-refractivity contribution in [1.29, 1.82) is 0 Å². The van der Waals surface area contributed by atoms with Gasteiger partial charge in [-0.25, -0.2) is 0 Å². The number of nitrogen functional groups attached to an aromatic ring is 1. The largest absolute Gasteiger partial charge is 0.397 e. The Hall–Kier alpha value is -2.20. The summed E-state index contributed by atoms with van der Waals surface area (Å²) in [5.41, 5.74) is 13.9. The number of carbonyl (C=O) groups is 1. The number of nitrogens with zero attached hydrogens (tertiary/aromatic N) is 1. The van der Waals surface area contributed by atoms with Crippen LogP contribution in [0.3, 0.4) is 0 Å². The molecular weight excluding hydrogens is 274 g/mol. The Morgan fingerprint density at radius 2 is 1.90 bits per heavy atom. The maximum absolute atomic E-state index is 11.5. The van der Waals surface area contributed by atoms with Gasteiger partial charge in [0.05, 0.1) is 16.9 Å². The lowest BCUT2D eigenvalue weighted by Gasteiger charge is -2.23. The van der Waals surface area contributed by atoms with E-state index in [2.05, 4.69) is 0 Å². The van der Waals surface area contributed by atoms with Crippen molar-refractivity contribution in [3.63, 3.8) is 0 Å². The van der Waals surface area contributed by atoms with Crippen LogP contribution in [0.25, 0.3) is 0 Å². The van der Waals surface area contributed by atoms with E-state index in [4.69, 9.17) is 23.1 Å². The van der Waals surface area contributed by atoms with Crippen molar-refractivity contribution in [1.82, 2.24) is 0 Å². The number of halogens is 1. The smallest absolute Gasteiger partial charge is 0.250 e. The summed E-state index contributed by atoms with van der Waals surface area (Å²) >= 11 is 6.15. The molecule has 0 aliphatic carbocycles. The molecule has 0 saturated carbocycles. The fourth-order valence-corrected chi connectivity index (χ4v) is 2.34. The second-order valence-corrected chi connectivity index (χ2v) is 4.96. The van der Waals surface area contributed by atoms with Crippen LogP contribution >= 0.6 is 11.6 Å². The molecular formula is C15H16ClN3O. The van der Waals surface area contributed by atoms with Crippen molar-refractivity contribution < 1.29 is 4.79 Å². The molecule has 2 aromatic rings. The molecule has 0 aliphatic rings. The Bertz CT molecular complexity index is 643. The van der Waals surface area contributed by atoms with Crippen LogP contribution in [0.1, 0.15) is 15.9 Å². The molecule has 0 saturated heterocycles. The minimum Gasteiger partial charge on any atom is -0.397 e. The van der Waals surface area contributed by atoms with Gasteiger partial charge in [0.2, 0.25) is 0 Å². The van der Waals surface area contributed by atoms with Crippen molar-refractivity contribution in [2.45, 2.75) is 6.54 Å². The first kappa shape index (κ1) is 14.2. The predicted molar refractivity (Wildman–Crippen MR) is 82.9 cm³/mol. The molecule has 4 N–H and O–H groups in total. The Kier molecular flexibility index (Phi) is 4.15. The molecule has 0 fully saturated rings. The summed E-state index contributed by atoms with van der Waals surface area (Å²) in [7, 11) is 1.85. The molecule has 0 radical (unpaired) electrons. The molecule has 2 rings (SSSR count). The SMILES string of the molecule is CN(Cc1ccccc1Cl)c1c(N)cccc1C(N)=O. The summed E-state index contributed by atoms with van der Waals surface area (Å²) < 4.78 is 0. The number of hydrogen-bond acceptors (Lipinski definition) is 3. The Labute approximate surface area is 122 Å². The molecule has 0 aromatic heterocycles. The fraction of sp³-hybridized carbons (Fsp3) is 0.133. The highest BCUT2D eigenvalue weighted by Gasteiger charge is 2.15. The summed E-state index contributed by atoms with van der Waals surface area (Å²) in [5.74, 6) is -0.502. The van der Waals surface area contributed by atoms with E-state index in [9.17, 15) is 4.79 Å². The monoisotopic (exact) mass is 289 g/mol. The molecule has 5 heteroatoms. The van der Waals surface area contributed by atoms with Gasteiger partial charge in [-0.1, -0.05) is 35.9 Å². The van der Waals surface area contributed by atoms with Gasteiger partial charge in [-0.3, -0.25) is 4.79 Å². The van der Waals surface area contributed by atoms with Crippen LogP contribution in [-0.4, -0.2) is 13.0 Å². The molecule has 0 spiro atoms. The van der Waals surface area contributed by atoms with Crippen LogP contribution in [0.15, 0.2) is 42.5 Å². The number of hydrogen-bond donors (Lipinski definition) is 2. The average Bonchev–Trinajstić information content (AvgIpc) is 2.40. The first-order valence-corrected chi connectivity index (χ1v) is 6.51. The summed E-state index contributed by atoms with van der Waals surface area (Å²) in [6.07, 6.45) is 0. The topological polar surface area (TPSA) is 72.3 Å².